The van der Waals surface area contributed by atoms with Crippen LogP contribution in [0.15, 0.2) is 12.3 Å². The zero-order valence-corrected chi connectivity index (χ0v) is 11.1. The van der Waals surface area contributed by atoms with Crippen LogP contribution < -0.4 is 11.1 Å². The standard InChI is InChI=1S/C13H22N4O/c1-10(2)17-11(5-8-15-17)16-12(18)13(9-14)6-3-4-7-13/h5,8,10H,3-4,6-7,9,14H2,1-2H3,(H,16,18). The van der Waals surface area contributed by atoms with Crippen molar-refractivity contribution in [3.63, 3.8) is 0 Å². The molecule has 1 amide bonds. The molecule has 0 atom stereocenters. The maximum absolute atomic E-state index is 12.4. The Balaban J connectivity index is 2.13. The van der Waals surface area contributed by atoms with Gasteiger partial charge in [0.1, 0.15) is 5.82 Å². The minimum Gasteiger partial charge on any atom is -0.329 e. The van der Waals surface area contributed by atoms with Gasteiger partial charge in [-0.1, -0.05) is 12.8 Å². The normalized spacial score (nSPS) is 18.2. The molecule has 1 fully saturated rings. The van der Waals surface area contributed by atoms with Crippen LogP contribution >= 0.6 is 0 Å². The average molecular weight is 250 g/mol. The molecule has 100 valence electrons. The summed E-state index contributed by atoms with van der Waals surface area (Å²) in [4.78, 5) is 12.4. The lowest BCUT2D eigenvalue weighted by molar-refractivity contribution is -0.124. The van der Waals surface area contributed by atoms with E-state index in [9.17, 15) is 4.79 Å². The van der Waals surface area contributed by atoms with E-state index < -0.39 is 0 Å². The third-order valence-electron chi connectivity index (χ3n) is 3.83. The molecule has 0 spiro atoms. The first-order valence-corrected chi connectivity index (χ1v) is 6.64. The minimum absolute atomic E-state index is 0.0462. The smallest absolute Gasteiger partial charge is 0.233 e. The molecule has 5 nitrogen and oxygen atoms in total. The van der Waals surface area contributed by atoms with Crippen molar-refractivity contribution in [3.05, 3.63) is 12.3 Å². The molecule has 0 saturated heterocycles. The molecular formula is C13H22N4O. The molecule has 2 rings (SSSR count). The van der Waals surface area contributed by atoms with Crippen molar-refractivity contribution < 1.29 is 4.79 Å². The van der Waals surface area contributed by atoms with Crippen LogP contribution in [0.2, 0.25) is 0 Å². The summed E-state index contributed by atoms with van der Waals surface area (Å²) >= 11 is 0. The van der Waals surface area contributed by atoms with E-state index in [2.05, 4.69) is 10.4 Å². The topological polar surface area (TPSA) is 72.9 Å². The van der Waals surface area contributed by atoms with Crippen LogP contribution in [0.4, 0.5) is 5.82 Å². The number of carbonyl (C=O) groups excluding carboxylic acids is 1. The molecule has 0 unspecified atom stereocenters. The number of rotatable bonds is 4. The zero-order valence-electron chi connectivity index (χ0n) is 11.1. The summed E-state index contributed by atoms with van der Waals surface area (Å²) < 4.78 is 1.82. The van der Waals surface area contributed by atoms with Crippen molar-refractivity contribution in [2.45, 2.75) is 45.6 Å². The van der Waals surface area contributed by atoms with Gasteiger partial charge in [0, 0.05) is 18.7 Å². The van der Waals surface area contributed by atoms with Gasteiger partial charge in [0.25, 0.3) is 0 Å². The van der Waals surface area contributed by atoms with Gasteiger partial charge >= 0.3 is 0 Å². The van der Waals surface area contributed by atoms with E-state index in [0.29, 0.717) is 6.54 Å². The number of carbonyl (C=O) groups is 1. The number of hydrogen-bond acceptors (Lipinski definition) is 3. The monoisotopic (exact) mass is 250 g/mol. The summed E-state index contributed by atoms with van der Waals surface area (Å²) in [6, 6.07) is 2.06. The summed E-state index contributed by atoms with van der Waals surface area (Å²) in [7, 11) is 0. The lowest BCUT2D eigenvalue weighted by Gasteiger charge is -2.26. The second kappa shape index (κ2) is 5.10. The van der Waals surface area contributed by atoms with Gasteiger partial charge in [-0.3, -0.25) is 4.79 Å². The fourth-order valence-corrected chi connectivity index (χ4v) is 2.65. The quantitative estimate of drug-likeness (QED) is 0.857. The van der Waals surface area contributed by atoms with E-state index >= 15 is 0 Å². The molecule has 0 bridgehead atoms. The fourth-order valence-electron chi connectivity index (χ4n) is 2.65. The van der Waals surface area contributed by atoms with Gasteiger partial charge in [0.2, 0.25) is 5.91 Å². The summed E-state index contributed by atoms with van der Waals surface area (Å²) in [5.41, 5.74) is 5.44. The molecule has 3 N–H and O–H groups in total. The van der Waals surface area contributed by atoms with Gasteiger partial charge in [-0.05, 0) is 26.7 Å². The van der Waals surface area contributed by atoms with E-state index in [1.807, 2.05) is 24.6 Å². The number of nitrogens with one attached hydrogen (secondary N) is 1. The molecule has 0 aliphatic heterocycles. The third-order valence-corrected chi connectivity index (χ3v) is 3.83. The number of nitrogens with two attached hydrogens (primary N) is 1. The molecule has 5 heteroatoms. The Hall–Kier alpha value is -1.36. The molecule has 1 saturated carbocycles. The molecule has 1 aliphatic rings. The summed E-state index contributed by atoms with van der Waals surface area (Å²) in [5.74, 6) is 0.805. The van der Waals surface area contributed by atoms with E-state index in [0.717, 1.165) is 31.5 Å². The molecule has 0 aromatic carbocycles. The predicted octanol–water partition coefficient (Wildman–Crippen LogP) is 1.92. The molecule has 1 aromatic heterocycles. The molecule has 0 radical (unpaired) electrons. The van der Waals surface area contributed by atoms with Crippen LogP contribution in [0.3, 0.4) is 0 Å². The van der Waals surface area contributed by atoms with Crippen molar-refractivity contribution >= 4 is 11.7 Å². The van der Waals surface area contributed by atoms with Crippen molar-refractivity contribution in [2.24, 2.45) is 11.1 Å². The lowest BCUT2D eigenvalue weighted by Crippen LogP contribution is -2.40. The minimum atomic E-state index is -0.369. The van der Waals surface area contributed by atoms with Gasteiger partial charge in [-0.25, -0.2) is 4.68 Å². The first-order valence-electron chi connectivity index (χ1n) is 6.64. The first kappa shape index (κ1) is 13.1. The third kappa shape index (κ3) is 2.27. The van der Waals surface area contributed by atoms with Crippen LogP contribution in [0.5, 0.6) is 0 Å². The average Bonchev–Trinajstić information content (AvgIpc) is 2.97. The highest BCUT2D eigenvalue weighted by atomic mass is 16.2. The van der Waals surface area contributed by atoms with Crippen LogP contribution in [0.1, 0.15) is 45.6 Å². The molecule has 1 heterocycles. The Kier molecular flexibility index (Phi) is 3.71. The summed E-state index contributed by atoms with van der Waals surface area (Å²) in [5, 5.41) is 7.20. The highest BCUT2D eigenvalue weighted by Gasteiger charge is 2.40. The maximum Gasteiger partial charge on any atom is 0.233 e. The maximum atomic E-state index is 12.4. The Labute approximate surface area is 108 Å². The van der Waals surface area contributed by atoms with Crippen molar-refractivity contribution in [1.29, 1.82) is 0 Å². The highest BCUT2D eigenvalue weighted by Crippen LogP contribution is 2.38. The number of anilines is 1. The Bertz CT molecular complexity index is 418. The first-order chi connectivity index (χ1) is 8.59. The Morgan fingerprint density at radius 2 is 2.22 bits per heavy atom. The van der Waals surface area contributed by atoms with Crippen molar-refractivity contribution in [3.8, 4) is 0 Å². The van der Waals surface area contributed by atoms with Gasteiger partial charge in [0.05, 0.1) is 11.6 Å². The van der Waals surface area contributed by atoms with Crippen molar-refractivity contribution in [1.82, 2.24) is 9.78 Å². The second-order valence-electron chi connectivity index (χ2n) is 5.40. The van der Waals surface area contributed by atoms with Crippen LogP contribution in [0.25, 0.3) is 0 Å². The van der Waals surface area contributed by atoms with Gasteiger partial charge in [-0.15, -0.1) is 0 Å². The number of hydrogen-bond donors (Lipinski definition) is 2. The lowest BCUT2D eigenvalue weighted by atomic mass is 9.85. The second-order valence-corrected chi connectivity index (χ2v) is 5.40. The van der Waals surface area contributed by atoms with Gasteiger partial charge in [-0.2, -0.15) is 5.10 Å². The molecular weight excluding hydrogens is 228 g/mol. The fraction of sp³-hybridized carbons (Fsp3) is 0.692. The SMILES string of the molecule is CC(C)n1nccc1NC(=O)C1(CN)CCCC1. The highest BCUT2D eigenvalue weighted by molar-refractivity contribution is 5.95. The predicted molar refractivity (Wildman–Crippen MR) is 71.2 cm³/mol. The van der Waals surface area contributed by atoms with Gasteiger partial charge in [0.15, 0.2) is 0 Å². The van der Waals surface area contributed by atoms with Crippen LogP contribution in [0, 0.1) is 5.41 Å². The molecule has 18 heavy (non-hydrogen) atoms. The van der Waals surface area contributed by atoms with E-state index in [-0.39, 0.29) is 17.4 Å². The zero-order chi connectivity index (χ0) is 13.2. The van der Waals surface area contributed by atoms with E-state index in [4.69, 9.17) is 5.73 Å². The van der Waals surface area contributed by atoms with Gasteiger partial charge < -0.3 is 11.1 Å². The Morgan fingerprint density at radius 1 is 1.56 bits per heavy atom. The Morgan fingerprint density at radius 3 is 2.78 bits per heavy atom. The van der Waals surface area contributed by atoms with E-state index in [1.54, 1.807) is 6.20 Å². The molecule has 1 aromatic rings. The van der Waals surface area contributed by atoms with Crippen LogP contribution in [-0.4, -0.2) is 22.2 Å². The van der Waals surface area contributed by atoms with Crippen LogP contribution in [-0.2, 0) is 4.79 Å². The number of amides is 1. The largest absolute Gasteiger partial charge is 0.329 e. The molecule has 1 aliphatic carbocycles. The number of nitrogens with zero attached hydrogens (tertiary/aromatic N) is 2. The summed E-state index contributed by atoms with van der Waals surface area (Å²) in [6.07, 6.45) is 5.68. The van der Waals surface area contributed by atoms with E-state index in [1.165, 1.54) is 0 Å². The number of aromatic nitrogens is 2. The van der Waals surface area contributed by atoms with Crippen molar-refractivity contribution in [2.75, 3.05) is 11.9 Å². The summed E-state index contributed by atoms with van der Waals surface area (Å²) in [6.45, 7) is 4.50.